The van der Waals surface area contributed by atoms with E-state index in [4.69, 9.17) is 23.2 Å². The Hall–Kier alpha value is -1.78. The van der Waals surface area contributed by atoms with Gasteiger partial charge in [-0.3, -0.25) is 4.79 Å². The molecule has 1 aromatic carbocycles. The van der Waals surface area contributed by atoms with Crippen LogP contribution in [0.2, 0.25) is 10.0 Å². The van der Waals surface area contributed by atoms with E-state index in [1.807, 2.05) is 13.8 Å². The molecule has 21 heavy (non-hydrogen) atoms. The Labute approximate surface area is 133 Å². The van der Waals surface area contributed by atoms with Crippen molar-refractivity contribution in [2.24, 2.45) is 5.92 Å². The van der Waals surface area contributed by atoms with Crippen LogP contribution in [0.25, 0.3) is 0 Å². The molecule has 0 radical (unpaired) electrons. The largest absolute Gasteiger partial charge is 0.340 e. The van der Waals surface area contributed by atoms with Crippen molar-refractivity contribution in [1.82, 2.24) is 4.98 Å². The third-order valence-corrected chi connectivity index (χ3v) is 3.13. The smallest absolute Gasteiger partial charge is 0.226 e. The van der Waals surface area contributed by atoms with Crippen molar-refractivity contribution in [1.29, 1.82) is 0 Å². The van der Waals surface area contributed by atoms with Crippen molar-refractivity contribution in [3.8, 4) is 0 Å². The zero-order valence-corrected chi connectivity index (χ0v) is 13.2. The molecule has 2 rings (SSSR count). The minimum atomic E-state index is -0.0728. The molecule has 0 fully saturated rings. The highest BCUT2D eigenvalue weighted by molar-refractivity contribution is 6.35. The van der Waals surface area contributed by atoms with Gasteiger partial charge in [0.15, 0.2) is 0 Å². The molecule has 1 heterocycles. The van der Waals surface area contributed by atoms with Crippen LogP contribution < -0.4 is 10.6 Å². The fourth-order valence-corrected chi connectivity index (χ4v) is 2.13. The zero-order valence-electron chi connectivity index (χ0n) is 11.7. The Morgan fingerprint density at radius 2 is 1.76 bits per heavy atom. The van der Waals surface area contributed by atoms with Gasteiger partial charge >= 0.3 is 0 Å². The van der Waals surface area contributed by atoms with E-state index >= 15 is 0 Å². The van der Waals surface area contributed by atoms with E-state index < -0.39 is 0 Å². The molecule has 0 atom stereocenters. The predicted molar refractivity (Wildman–Crippen MR) is 87.4 cm³/mol. The van der Waals surface area contributed by atoms with Crippen molar-refractivity contribution in [3.63, 3.8) is 0 Å². The standard InChI is InChI=1S/C15H15Cl2N3O/c1-9(2)15(21)20-12-3-4-14(18-8-12)19-13-6-10(16)5-11(17)7-13/h3-9H,1-2H3,(H,18,19)(H,20,21). The van der Waals surface area contributed by atoms with Gasteiger partial charge in [0.1, 0.15) is 5.82 Å². The summed E-state index contributed by atoms with van der Waals surface area (Å²) in [6, 6.07) is 8.71. The van der Waals surface area contributed by atoms with Crippen LogP contribution in [-0.4, -0.2) is 10.9 Å². The van der Waals surface area contributed by atoms with Crippen LogP contribution in [0.3, 0.4) is 0 Å². The van der Waals surface area contributed by atoms with Gasteiger partial charge in [-0.2, -0.15) is 0 Å². The number of pyridine rings is 1. The van der Waals surface area contributed by atoms with E-state index in [2.05, 4.69) is 15.6 Å². The van der Waals surface area contributed by atoms with Crippen LogP contribution in [0.5, 0.6) is 0 Å². The first kappa shape index (κ1) is 15.6. The number of nitrogens with zero attached hydrogens (tertiary/aromatic N) is 1. The fraction of sp³-hybridized carbons (Fsp3) is 0.200. The number of amides is 1. The van der Waals surface area contributed by atoms with E-state index in [0.29, 0.717) is 21.6 Å². The summed E-state index contributed by atoms with van der Waals surface area (Å²) in [7, 11) is 0. The first-order chi connectivity index (χ1) is 9.94. The molecule has 0 spiro atoms. The molecule has 1 amide bonds. The van der Waals surface area contributed by atoms with Crippen LogP contribution in [-0.2, 0) is 4.79 Å². The summed E-state index contributed by atoms with van der Waals surface area (Å²) in [6.07, 6.45) is 1.59. The molecule has 0 aliphatic rings. The number of benzene rings is 1. The minimum Gasteiger partial charge on any atom is -0.340 e. The SMILES string of the molecule is CC(C)C(=O)Nc1ccc(Nc2cc(Cl)cc(Cl)c2)nc1. The van der Waals surface area contributed by atoms with E-state index in [1.54, 1.807) is 36.5 Å². The molecular formula is C15H15Cl2N3O. The van der Waals surface area contributed by atoms with Crippen molar-refractivity contribution < 1.29 is 4.79 Å². The lowest BCUT2D eigenvalue weighted by molar-refractivity contribution is -0.118. The molecule has 0 bridgehead atoms. The fourth-order valence-electron chi connectivity index (χ4n) is 1.60. The van der Waals surface area contributed by atoms with Crippen LogP contribution >= 0.6 is 23.2 Å². The maximum atomic E-state index is 11.6. The van der Waals surface area contributed by atoms with Crippen LogP contribution in [0.4, 0.5) is 17.2 Å². The van der Waals surface area contributed by atoms with E-state index in [-0.39, 0.29) is 11.8 Å². The Kier molecular flexibility index (Phi) is 5.04. The summed E-state index contributed by atoms with van der Waals surface area (Å²) in [6.45, 7) is 3.67. The molecule has 1 aromatic heterocycles. The van der Waals surface area contributed by atoms with Gasteiger partial charge in [-0.1, -0.05) is 37.0 Å². The first-order valence-electron chi connectivity index (χ1n) is 6.44. The van der Waals surface area contributed by atoms with Gasteiger partial charge in [-0.25, -0.2) is 4.98 Å². The van der Waals surface area contributed by atoms with Crippen LogP contribution in [0, 0.1) is 5.92 Å². The van der Waals surface area contributed by atoms with Gasteiger partial charge < -0.3 is 10.6 Å². The topological polar surface area (TPSA) is 54.0 Å². The number of anilines is 3. The predicted octanol–water partition coefficient (Wildman–Crippen LogP) is 4.73. The van der Waals surface area contributed by atoms with Crippen molar-refractivity contribution in [2.45, 2.75) is 13.8 Å². The highest BCUT2D eigenvalue weighted by Gasteiger charge is 2.07. The Balaban J connectivity index is 2.07. The second-order valence-corrected chi connectivity index (χ2v) is 5.73. The molecule has 0 aliphatic carbocycles. The molecule has 2 aromatic rings. The summed E-state index contributed by atoms with van der Waals surface area (Å²) in [5.74, 6) is 0.520. The Bertz CT molecular complexity index is 622. The van der Waals surface area contributed by atoms with Gasteiger partial charge in [-0.05, 0) is 30.3 Å². The Morgan fingerprint density at radius 3 is 2.29 bits per heavy atom. The summed E-state index contributed by atoms with van der Waals surface area (Å²) in [5.41, 5.74) is 1.40. The highest BCUT2D eigenvalue weighted by atomic mass is 35.5. The number of aromatic nitrogens is 1. The monoisotopic (exact) mass is 323 g/mol. The third kappa shape index (κ3) is 4.62. The van der Waals surface area contributed by atoms with E-state index in [1.165, 1.54) is 0 Å². The van der Waals surface area contributed by atoms with Crippen molar-refractivity contribution >= 4 is 46.3 Å². The molecule has 0 unspecified atom stereocenters. The maximum Gasteiger partial charge on any atom is 0.226 e. The molecular weight excluding hydrogens is 309 g/mol. The summed E-state index contributed by atoms with van der Waals surface area (Å²) >= 11 is 11.9. The van der Waals surface area contributed by atoms with Crippen LogP contribution in [0.15, 0.2) is 36.5 Å². The van der Waals surface area contributed by atoms with E-state index in [9.17, 15) is 4.79 Å². The zero-order chi connectivity index (χ0) is 15.4. The summed E-state index contributed by atoms with van der Waals surface area (Å²) in [5, 5.41) is 6.97. The second-order valence-electron chi connectivity index (χ2n) is 4.86. The molecule has 0 saturated carbocycles. The number of carbonyl (C=O) groups is 1. The first-order valence-corrected chi connectivity index (χ1v) is 7.19. The van der Waals surface area contributed by atoms with Gasteiger partial charge in [-0.15, -0.1) is 0 Å². The molecule has 110 valence electrons. The van der Waals surface area contributed by atoms with E-state index in [0.717, 1.165) is 5.69 Å². The number of hydrogen-bond acceptors (Lipinski definition) is 3. The third-order valence-electron chi connectivity index (χ3n) is 2.69. The quantitative estimate of drug-likeness (QED) is 0.855. The average molecular weight is 324 g/mol. The summed E-state index contributed by atoms with van der Waals surface area (Å²) < 4.78 is 0. The van der Waals surface area contributed by atoms with Gasteiger partial charge in [0, 0.05) is 21.7 Å². The summed E-state index contributed by atoms with van der Waals surface area (Å²) in [4.78, 5) is 15.8. The molecule has 2 N–H and O–H groups in total. The van der Waals surface area contributed by atoms with Gasteiger partial charge in [0.25, 0.3) is 0 Å². The lowest BCUT2D eigenvalue weighted by Gasteiger charge is -2.09. The molecule has 0 aliphatic heterocycles. The lowest BCUT2D eigenvalue weighted by Crippen LogP contribution is -2.17. The number of hydrogen-bond donors (Lipinski definition) is 2. The Morgan fingerprint density at radius 1 is 1.10 bits per heavy atom. The number of carbonyl (C=O) groups excluding carboxylic acids is 1. The average Bonchev–Trinajstić information content (AvgIpc) is 2.39. The maximum absolute atomic E-state index is 11.6. The van der Waals surface area contributed by atoms with Crippen molar-refractivity contribution in [3.05, 3.63) is 46.6 Å². The van der Waals surface area contributed by atoms with Crippen LogP contribution in [0.1, 0.15) is 13.8 Å². The highest BCUT2D eigenvalue weighted by Crippen LogP contribution is 2.24. The normalized spacial score (nSPS) is 10.5. The lowest BCUT2D eigenvalue weighted by atomic mass is 10.2. The minimum absolute atomic E-state index is 0.0425. The molecule has 4 nitrogen and oxygen atoms in total. The van der Waals surface area contributed by atoms with Gasteiger partial charge in [0.05, 0.1) is 11.9 Å². The molecule has 0 saturated heterocycles. The second kappa shape index (κ2) is 6.78. The number of nitrogens with one attached hydrogen (secondary N) is 2. The van der Waals surface area contributed by atoms with Crippen molar-refractivity contribution in [2.75, 3.05) is 10.6 Å². The number of halogens is 2. The number of rotatable bonds is 4. The van der Waals surface area contributed by atoms with Gasteiger partial charge in [0.2, 0.25) is 5.91 Å². The molecule has 6 heteroatoms.